The number of methoxy groups -OCH3 is 1. The fourth-order valence-corrected chi connectivity index (χ4v) is 3.53. The summed E-state index contributed by atoms with van der Waals surface area (Å²) in [6.07, 6.45) is 4.80. The van der Waals surface area contributed by atoms with Crippen LogP contribution < -0.4 is 9.64 Å². The molecule has 2 heterocycles. The average molecular weight is 377 g/mol. The summed E-state index contributed by atoms with van der Waals surface area (Å²) in [5.74, 6) is 0.636. The van der Waals surface area contributed by atoms with Crippen molar-refractivity contribution in [3.8, 4) is 5.75 Å². The first kappa shape index (κ1) is 17.0. The number of nitrogens with zero attached hydrogens (tertiary/aromatic N) is 5. The minimum absolute atomic E-state index is 0.131. The van der Waals surface area contributed by atoms with E-state index >= 15 is 0 Å². The van der Waals surface area contributed by atoms with Crippen molar-refractivity contribution in [2.75, 3.05) is 12.0 Å². The molecule has 134 valence electrons. The Hall–Kier alpha value is -3.39. The molecule has 2 aromatic carbocycles. The van der Waals surface area contributed by atoms with E-state index in [0.29, 0.717) is 10.1 Å². The molecule has 1 aliphatic heterocycles. The number of hydrogen-bond donors (Lipinski definition) is 0. The molecule has 0 spiro atoms. The van der Waals surface area contributed by atoms with Crippen molar-refractivity contribution < 1.29 is 9.53 Å². The first-order valence-electron chi connectivity index (χ1n) is 8.11. The Morgan fingerprint density at radius 3 is 2.41 bits per heavy atom. The van der Waals surface area contributed by atoms with Gasteiger partial charge < -0.3 is 4.74 Å². The number of ether oxygens (including phenoxy) is 1. The van der Waals surface area contributed by atoms with Crippen LogP contribution in [0.4, 0.5) is 5.69 Å². The van der Waals surface area contributed by atoms with Gasteiger partial charge in [-0.15, -0.1) is 15.3 Å². The van der Waals surface area contributed by atoms with E-state index in [-0.39, 0.29) is 5.91 Å². The fraction of sp³-hybridized carbons (Fsp3) is 0.0526. The minimum Gasteiger partial charge on any atom is -0.497 e. The van der Waals surface area contributed by atoms with Crippen LogP contribution >= 0.6 is 11.8 Å². The van der Waals surface area contributed by atoms with Gasteiger partial charge in [0.15, 0.2) is 0 Å². The van der Waals surface area contributed by atoms with Crippen LogP contribution in [0.2, 0.25) is 0 Å². The van der Waals surface area contributed by atoms with Crippen molar-refractivity contribution in [3.63, 3.8) is 0 Å². The predicted molar refractivity (Wildman–Crippen MR) is 105 cm³/mol. The van der Waals surface area contributed by atoms with E-state index in [1.54, 1.807) is 12.0 Å². The van der Waals surface area contributed by atoms with Crippen molar-refractivity contribution in [2.24, 2.45) is 5.10 Å². The van der Waals surface area contributed by atoms with Gasteiger partial charge in [0, 0.05) is 0 Å². The Kier molecular flexibility index (Phi) is 4.71. The predicted octanol–water partition coefficient (Wildman–Crippen LogP) is 3.23. The number of aromatic nitrogens is 3. The van der Waals surface area contributed by atoms with Gasteiger partial charge in [0.25, 0.3) is 5.91 Å². The molecule has 0 bridgehead atoms. The number of carbonyl (C=O) groups is 1. The molecule has 1 fully saturated rings. The summed E-state index contributed by atoms with van der Waals surface area (Å²) in [4.78, 5) is 15.2. The third-order valence-corrected chi connectivity index (χ3v) is 4.80. The Morgan fingerprint density at radius 1 is 1.04 bits per heavy atom. The molecule has 0 unspecified atom stereocenters. The lowest BCUT2D eigenvalue weighted by atomic mass is 10.2. The molecule has 1 aromatic heterocycles. The van der Waals surface area contributed by atoms with Crippen LogP contribution in [-0.4, -0.2) is 33.1 Å². The van der Waals surface area contributed by atoms with E-state index in [1.807, 2.05) is 60.7 Å². The van der Waals surface area contributed by atoms with E-state index in [4.69, 9.17) is 4.74 Å². The van der Waals surface area contributed by atoms with E-state index in [1.165, 1.54) is 29.1 Å². The molecule has 1 aliphatic rings. The molecule has 0 radical (unpaired) electrons. The number of carbonyl (C=O) groups excluding carboxylic acids is 1. The van der Waals surface area contributed by atoms with Crippen LogP contribution in [0.3, 0.4) is 0 Å². The minimum atomic E-state index is -0.131. The maximum absolute atomic E-state index is 13.1. The van der Waals surface area contributed by atoms with Gasteiger partial charge in [-0.05, 0) is 47.7 Å². The molecule has 4 rings (SSSR count). The molecule has 0 saturated carbocycles. The number of rotatable bonds is 4. The zero-order valence-electron chi connectivity index (χ0n) is 14.4. The van der Waals surface area contributed by atoms with Gasteiger partial charge >= 0.3 is 0 Å². The molecule has 1 saturated heterocycles. The molecule has 27 heavy (non-hydrogen) atoms. The van der Waals surface area contributed by atoms with Gasteiger partial charge in [0.05, 0.1) is 17.7 Å². The number of para-hydroxylation sites is 1. The van der Waals surface area contributed by atoms with Gasteiger partial charge in [-0.2, -0.15) is 0 Å². The van der Waals surface area contributed by atoms with Gasteiger partial charge in [-0.25, -0.2) is 4.68 Å². The van der Waals surface area contributed by atoms with Gasteiger partial charge in [-0.1, -0.05) is 30.3 Å². The van der Waals surface area contributed by atoms with Crippen LogP contribution in [0.25, 0.3) is 6.08 Å². The molecular weight excluding hydrogens is 362 g/mol. The fourth-order valence-electron chi connectivity index (χ4n) is 2.54. The zero-order valence-corrected chi connectivity index (χ0v) is 15.2. The molecule has 3 aromatic rings. The van der Waals surface area contributed by atoms with Crippen LogP contribution in [-0.2, 0) is 4.79 Å². The number of benzene rings is 2. The maximum Gasteiger partial charge on any atom is 0.271 e. The molecule has 8 heteroatoms. The molecule has 0 N–H and O–H groups in total. The maximum atomic E-state index is 13.1. The summed E-state index contributed by atoms with van der Waals surface area (Å²) in [5.41, 5.74) is 1.66. The summed E-state index contributed by atoms with van der Waals surface area (Å²) in [5, 5.41) is 12.5. The van der Waals surface area contributed by atoms with E-state index in [9.17, 15) is 4.79 Å². The Morgan fingerprint density at radius 2 is 1.74 bits per heavy atom. The Bertz CT molecular complexity index is 998. The topological polar surface area (TPSA) is 72.6 Å². The molecule has 1 amide bonds. The lowest BCUT2D eigenvalue weighted by Gasteiger charge is -2.15. The van der Waals surface area contributed by atoms with Crippen molar-refractivity contribution in [1.82, 2.24) is 14.9 Å². The quantitative estimate of drug-likeness (QED) is 0.653. The monoisotopic (exact) mass is 377 g/mol. The van der Waals surface area contributed by atoms with Crippen molar-refractivity contribution in [3.05, 3.63) is 77.7 Å². The lowest BCUT2D eigenvalue weighted by molar-refractivity contribution is -0.113. The molecule has 7 nitrogen and oxygen atoms in total. The summed E-state index contributed by atoms with van der Waals surface area (Å²) in [6, 6.07) is 16.9. The smallest absolute Gasteiger partial charge is 0.271 e. The molecule has 0 aliphatic carbocycles. The second kappa shape index (κ2) is 7.46. The van der Waals surface area contributed by atoms with E-state index in [2.05, 4.69) is 15.3 Å². The Labute approximate surface area is 160 Å². The average Bonchev–Trinajstić information content (AvgIpc) is 3.32. The standard InChI is InChI=1S/C19H15N5O2S/c1-26-16-9-7-14(8-10-16)11-17-18(25)24(15-5-3-2-4-6-15)19(27-17)22-23-12-20-21-13-23/h2-13H,1H3/b17-11+,22-19?. The lowest BCUT2D eigenvalue weighted by Crippen LogP contribution is -2.29. The number of hydrogen-bond acceptors (Lipinski definition) is 6. The first-order valence-corrected chi connectivity index (χ1v) is 8.93. The van der Waals surface area contributed by atoms with Crippen LogP contribution in [0.15, 0.2) is 77.3 Å². The largest absolute Gasteiger partial charge is 0.497 e. The normalized spacial score (nSPS) is 17.1. The zero-order chi connectivity index (χ0) is 18.6. The highest BCUT2D eigenvalue weighted by Crippen LogP contribution is 2.36. The summed E-state index contributed by atoms with van der Waals surface area (Å²) >= 11 is 1.30. The van der Waals surface area contributed by atoms with Crippen molar-refractivity contribution in [1.29, 1.82) is 0 Å². The van der Waals surface area contributed by atoms with Crippen LogP contribution in [0.5, 0.6) is 5.75 Å². The molecular formula is C19H15N5O2S. The highest BCUT2D eigenvalue weighted by molar-refractivity contribution is 8.19. The van der Waals surface area contributed by atoms with Gasteiger partial charge in [0.2, 0.25) is 5.17 Å². The summed E-state index contributed by atoms with van der Waals surface area (Å²) in [7, 11) is 1.62. The SMILES string of the molecule is COc1ccc(/C=C2/SC(=Nn3cnnc3)N(c3ccccc3)C2=O)cc1. The van der Waals surface area contributed by atoms with Crippen LogP contribution in [0, 0.1) is 0 Å². The number of anilines is 1. The highest BCUT2D eigenvalue weighted by Gasteiger charge is 2.35. The van der Waals surface area contributed by atoms with Crippen molar-refractivity contribution >= 4 is 34.6 Å². The first-order chi connectivity index (χ1) is 13.2. The number of amides is 1. The third kappa shape index (κ3) is 3.61. The number of amidine groups is 1. The summed E-state index contributed by atoms with van der Waals surface area (Å²) < 4.78 is 6.65. The van der Waals surface area contributed by atoms with E-state index < -0.39 is 0 Å². The Balaban J connectivity index is 1.72. The number of thioether (sulfide) groups is 1. The van der Waals surface area contributed by atoms with Crippen molar-refractivity contribution in [2.45, 2.75) is 0 Å². The van der Waals surface area contributed by atoms with E-state index in [0.717, 1.165) is 17.0 Å². The molecule has 0 atom stereocenters. The van der Waals surface area contributed by atoms with Crippen LogP contribution in [0.1, 0.15) is 5.56 Å². The third-order valence-electron chi connectivity index (χ3n) is 3.84. The summed E-state index contributed by atoms with van der Waals surface area (Å²) in [6.45, 7) is 0. The second-order valence-corrected chi connectivity index (χ2v) is 6.59. The van der Waals surface area contributed by atoms with Gasteiger partial charge in [0.1, 0.15) is 18.4 Å². The van der Waals surface area contributed by atoms with Gasteiger partial charge in [-0.3, -0.25) is 9.69 Å². The second-order valence-electron chi connectivity index (χ2n) is 5.58. The highest BCUT2D eigenvalue weighted by atomic mass is 32.2.